The number of piperidine rings is 1. The highest BCUT2D eigenvalue weighted by Crippen LogP contribution is 2.27. The van der Waals surface area contributed by atoms with Crippen molar-refractivity contribution < 1.29 is 4.79 Å². The largest absolute Gasteiger partial charge is 0.337 e. The quantitative estimate of drug-likeness (QED) is 0.766. The number of nitrogens with zero attached hydrogens (tertiary/aromatic N) is 4. The smallest absolute Gasteiger partial charge is 0.233 e. The molecule has 2 aromatic heterocycles. The Morgan fingerprint density at radius 1 is 1.30 bits per heavy atom. The topological polar surface area (TPSA) is 50.5 Å². The molecular weight excluding hydrogens is 355 g/mol. The van der Waals surface area contributed by atoms with Gasteiger partial charge in [-0.2, -0.15) is 0 Å². The van der Waals surface area contributed by atoms with Crippen molar-refractivity contribution in [1.29, 1.82) is 0 Å². The first-order chi connectivity index (χ1) is 11.0. The number of hydrogen-bond donors (Lipinski definition) is 0. The second-order valence-electron chi connectivity index (χ2n) is 5.90. The summed E-state index contributed by atoms with van der Waals surface area (Å²) < 4.78 is 1.73. The number of pyridine rings is 1. The van der Waals surface area contributed by atoms with Crippen LogP contribution in [-0.4, -0.2) is 43.2 Å². The lowest BCUT2D eigenvalue weighted by Gasteiger charge is -2.39. The summed E-state index contributed by atoms with van der Waals surface area (Å²) in [5.74, 6) is 0.471. The van der Waals surface area contributed by atoms with Gasteiger partial charge in [0.25, 0.3) is 0 Å². The van der Waals surface area contributed by atoms with E-state index in [0.717, 1.165) is 12.8 Å². The molecule has 0 radical (unpaired) electrons. The van der Waals surface area contributed by atoms with Crippen LogP contribution in [0.5, 0.6) is 0 Å². The van der Waals surface area contributed by atoms with E-state index < -0.39 is 0 Å². The lowest BCUT2D eigenvalue weighted by atomic mass is 9.98. The first-order valence-corrected chi connectivity index (χ1v) is 9.35. The maximum absolute atomic E-state index is 12.6. The molecular formula is C15H18Cl2N4OS. The van der Waals surface area contributed by atoms with Gasteiger partial charge in [-0.05, 0) is 39.2 Å². The molecule has 8 heteroatoms. The Morgan fingerprint density at radius 2 is 2.00 bits per heavy atom. The average Bonchev–Trinajstić information content (AvgIpc) is 2.88. The third-order valence-corrected chi connectivity index (χ3v) is 5.61. The summed E-state index contributed by atoms with van der Waals surface area (Å²) in [6.45, 7) is 4.23. The van der Waals surface area contributed by atoms with Crippen molar-refractivity contribution in [3.05, 3.63) is 22.3 Å². The van der Waals surface area contributed by atoms with E-state index in [9.17, 15) is 4.79 Å². The molecule has 0 saturated carbocycles. The van der Waals surface area contributed by atoms with Crippen LogP contribution in [0.25, 0.3) is 5.65 Å². The number of carbonyl (C=O) groups is 1. The van der Waals surface area contributed by atoms with E-state index in [2.05, 4.69) is 24.0 Å². The van der Waals surface area contributed by atoms with Crippen LogP contribution >= 0.6 is 35.0 Å². The minimum Gasteiger partial charge on any atom is -0.337 e. The van der Waals surface area contributed by atoms with Crippen LogP contribution in [-0.2, 0) is 4.79 Å². The number of amides is 1. The van der Waals surface area contributed by atoms with Crippen molar-refractivity contribution in [1.82, 2.24) is 19.5 Å². The van der Waals surface area contributed by atoms with Crippen LogP contribution in [0, 0.1) is 0 Å². The maximum Gasteiger partial charge on any atom is 0.233 e. The average molecular weight is 373 g/mol. The van der Waals surface area contributed by atoms with E-state index in [1.54, 1.807) is 16.7 Å². The Balaban J connectivity index is 1.74. The summed E-state index contributed by atoms with van der Waals surface area (Å²) in [6, 6.07) is 2.22. The zero-order chi connectivity index (χ0) is 16.6. The van der Waals surface area contributed by atoms with Gasteiger partial charge in [0.15, 0.2) is 10.8 Å². The summed E-state index contributed by atoms with van der Waals surface area (Å²) in [5.41, 5.74) is 0.547. The van der Waals surface area contributed by atoms with Gasteiger partial charge in [-0.25, -0.2) is 0 Å². The summed E-state index contributed by atoms with van der Waals surface area (Å²) in [5, 5.41) is 9.75. The van der Waals surface area contributed by atoms with Gasteiger partial charge >= 0.3 is 0 Å². The molecule has 0 spiro atoms. The van der Waals surface area contributed by atoms with Gasteiger partial charge in [0.1, 0.15) is 0 Å². The second-order valence-corrected chi connectivity index (χ2v) is 7.69. The molecule has 1 saturated heterocycles. The van der Waals surface area contributed by atoms with Crippen LogP contribution in [0.15, 0.2) is 17.4 Å². The lowest BCUT2D eigenvalue weighted by Crippen LogP contribution is -2.48. The van der Waals surface area contributed by atoms with Crippen molar-refractivity contribution >= 4 is 46.5 Å². The van der Waals surface area contributed by atoms with Gasteiger partial charge in [0, 0.05) is 18.3 Å². The molecule has 5 nitrogen and oxygen atoms in total. The molecule has 0 N–H and O–H groups in total. The number of carbonyl (C=O) groups excluding carboxylic acids is 1. The summed E-state index contributed by atoms with van der Waals surface area (Å²) in [4.78, 5) is 14.6. The second kappa shape index (κ2) is 6.87. The zero-order valence-corrected chi connectivity index (χ0v) is 15.3. The van der Waals surface area contributed by atoms with Crippen molar-refractivity contribution in [3.8, 4) is 0 Å². The number of likely N-dealkylation sites (tertiary alicyclic amines) is 1. The third-order valence-electron chi connectivity index (χ3n) is 4.20. The number of fused-ring (bicyclic) bond motifs is 1. The highest BCUT2D eigenvalue weighted by molar-refractivity contribution is 7.99. The first-order valence-electron chi connectivity index (χ1n) is 7.61. The monoisotopic (exact) mass is 372 g/mol. The Morgan fingerprint density at radius 3 is 2.70 bits per heavy atom. The molecule has 1 aliphatic rings. The van der Waals surface area contributed by atoms with Gasteiger partial charge in [-0.15, -0.1) is 10.2 Å². The van der Waals surface area contributed by atoms with Crippen LogP contribution < -0.4 is 0 Å². The lowest BCUT2D eigenvalue weighted by molar-refractivity contribution is -0.134. The number of aromatic nitrogens is 3. The number of hydrogen-bond acceptors (Lipinski definition) is 4. The molecule has 0 bridgehead atoms. The van der Waals surface area contributed by atoms with E-state index in [1.807, 2.05) is 4.90 Å². The Kier molecular flexibility index (Phi) is 5.04. The van der Waals surface area contributed by atoms with Crippen molar-refractivity contribution in [3.63, 3.8) is 0 Å². The molecule has 0 aliphatic carbocycles. The Labute approximate surface area is 149 Å². The highest BCUT2D eigenvalue weighted by Gasteiger charge is 2.29. The Hall–Kier alpha value is -0.980. The molecule has 3 heterocycles. The summed E-state index contributed by atoms with van der Waals surface area (Å²) >= 11 is 13.5. The third kappa shape index (κ3) is 3.44. The van der Waals surface area contributed by atoms with Crippen LogP contribution in [0.2, 0.25) is 10.0 Å². The molecule has 0 aromatic carbocycles. The van der Waals surface area contributed by atoms with E-state index >= 15 is 0 Å². The van der Waals surface area contributed by atoms with Crippen LogP contribution in [0.1, 0.15) is 33.1 Å². The molecule has 1 aliphatic heterocycles. The van der Waals surface area contributed by atoms with Gasteiger partial charge in [-0.1, -0.05) is 35.0 Å². The van der Waals surface area contributed by atoms with Crippen molar-refractivity contribution in [2.24, 2.45) is 0 Å². The normalized spacial score (nSPS) is 21.8. The number of halogens is 2. The Bertz CT molecular complexity index is 726. The van der Waals surface area contributed by atoms with E-state index in [0.29, 0.717) is 38.7 Å². The zero-order valence-electron chi connectivity index (χ0n) is 13.0. The fraction of sp³-hybridized carbons (Fsp3) is 0.533. The highest BCUT2D eigenvalue weighted by atomic mass is 35.5. The molecule has 124 valence electrons. The molecule has 2 unspecified atom stereocenters. The maximum atomic E-state index is 12.6. The van der Waals surface area contributed by atoms with Gasteiger partial charge < -0.3 is 4.90 Å². The minimum atomic E-state index is 0.138. The number of thioether (sulfide) groups is 1. The molecule has 1 fully saturated rings. The minimum absolute atomic E-state index is 0.138. The number of rotatable bonds is 3. The predicted octanol–water partition coefficient (Wildman–Crippen LogP) is 3.92. The van der Waals surface area contributed by atoms with Gasteiger partial charge in [0.2, 0.25) is 5.91 Å². The van der Waals surface area contributed by atoms with Gasteiger partial charge in [0.05, 0.1) is 15.8 Å². The van der Waals surface area contributed by atoms with Crippen molar-refractivity contribution in [2.45, 2.75) is 50.4 Å². The van der Waals surface area contributed by atoms with Crippen LogP contribution in [0.3, 0.4) is 0 Å². The predicted molar refractivity (Wildman–Crippen MR) is 93.4 cm³/mol. The standard InChI is InChI=1S/C15H18Cl2N4OS/c1-9-4-3-5-10(2)21(9)13(22)8-23-15-19-18-14-12(17)6-11(16)7-20(14)15/h6-7,9-10H,3-5,8H2,1-2H3. The summed E-state index contributed by atoms with van der Waals surface area (Å²) in [6.07, 6.45) is 5.03. The fourth-order valence-corrected chi connectivity index (χ4v) is 4.40. The fourth-order valence-electron chi connectivity index (χ4n) is 3.11. The first kappa shape index (κ1) is 16.9. The van der Waals surface area contributed by atoms with Crippen LogP contribution in [0.4, 0.5) is 0 Å². The SMILES string of the molecule is CC1CCCC(C)N1C(=O)CSc1nnc2c(Cl)cc(Cl)cn12. The van der Waals surface area contributed by atoms with E-state index in [-0.39, 0.29) is 5.91 Å². The molecule has 2 atom stereocenters. The van der Waals surface area contributed by atoms with Crippen molar-refractivity contribution in [2.75, 3.05) is 5.75 Å². The summed E-state index contributed by atoms with van der Waals surface area (Å²) in [7, 11) is 0. The van der Waals surface area contributed by atoms with E-state index in [1.165, 1.54) is 18.2 Å². The van der Waals surface area contributed by atoms with E-state index in [4.69, 9.17) is 23.2 Å². The molecule has 2 aromatic rings. The molecule has 3 rings (SSSR count). The molecule has 23 heavy (non-hydrogen) atoms. The van der Waals surface area contributed by atoms with Gasteiger partial charge in [-0.3, -0.25) is 9.20 Å². The molecule has 1 amide bonds.